The van der Waals surface area contributed by atoms with E-state index in [-0.39, 0.29) is 11.9 Å². The van der Waals surface area contributed by atoms with Crippen molar-refractivity contribution >= 4 is 5.91 Å². The number of hydrogen-bond acceptors (Lipinski definition) is 3. The number of rotatable bonds is 4. The lowest BCUT2D eigenvalue weighted by Crippen LogP contribution is -2.48. The minimum atomic E-state index is -0.400. The summed E-state index contributed by atoms with van der Waals surface area (Å²) in [5.74, 6) is 0.978. The van der Waals surface area contributed by atoms with Crippen molar-refractivity contribution in [2.45, 2.75) is 45.7 Å². The van der Waals surface area contributed by atoms with E-state index >= 15 is 0 Å². The van der Waals surface area contributed by atoms with Gasteiger partial charge < -0.3 is 15.1 Å². The van der Waals surface area contributed by atoms with E-state index in [1.165, 1.54) is 0 Å². The van der Waals surface area contributed by atoms with Crippen LogP contribution in [0.25, 0.3) is 0 Å². The molecule has 1 fully saturated rings. The van der Waals surface area contributed by atoms with Crippen LogP contribution in [0, 0.1) is 5.41 Å². The van der Waals surface area contributed by atoms with Crippen LogP contribution in [0.2, 0.25) is 0 Å². The van der Waals surface area contributed by atoms with E-state index in [0.717, 1.165) is 25.0 Å². The van der Waals surface area contributed by atoms with Gasteiger partial charge in [0.05, 0.1) is 18.2 Å². The highest BCUT2D eigenvalue weighted by molar-refractivity contribution is 5.83. The van der Waals surface area contributed by atoms with Gasteiger partial charge in [0.15, 0.2) is 0 Å². The van der Waals surface area contributed by atoms with Crippen molar-refractivity contribution in [1.82, 2.24) is 4.90 Å². The van der Waals surface area contributed by atoms with Crippen molar-refractivity contribution in [2.24, 2.45) is 11.1 Å². The molecule has 1 aliphatic rings. The molecule has 0 aliphatic heterocycles. The molecule has 2 atom stereocenters. The van der Waals surface area contributed by atoms with Gasteiger partial charge in [-0.1, -0.05) is 6.42 Å². The molecule has 0 aromatic carbocycles. The summed E-state index contributed by atoms with van der Waals surface area (Å²) < 4.78 is 5.31. The maximum absolute atomic E-state index is 12.6. The fourth-order valence-corrected chi connectivity index (χ4v) is 2.74. The lowest BCUT2D eigenvalue weighted by atomic mass is 9.83. The predicted molar refractivity (Wildman–Crippen MR) is 69.7 cm³/mol. The standard InChI is InChI=1S/C14H22N2O2/c1-3-16(10-11-6-5-9-18-11)13(17)14(2)8-4-7-12(14)15/h5-6,9,12H,3-4,7-8,10,15H2,1-2H3. The highest BCUT2D eigenvalue weighted by atomic mass is 16.3. The van der Waals surface area contributed by atoms with Gasteiger partial charge in [0, 0.05) is 12.6 Å². The van der Waals surface area contributed by atoms with Crippen molar-refractivity contribution in [2.75, 3.05) is 6.54 Å². The Morgan fingerprint density at radius 3 is 2.94 bits per heavy atom. The van der Waals surface area contributed by atoms with Crippen LogP contribution in [0.5, 0.6) is 0 Å². The maximum Gasteiger partial charge on any atom is 0.230 e. The van der Waals surface area contributed by atoms with Crippen LogP contribution >= 0.6 is 0 Å². The molecule has 4 heteroatoms. The van der Waals surface area contributed by atoms with Crippen LogP contribution in [0.3, 0.4) is 0 Å². The molecule has 1 aromatic rings. The van der Waals surface area contributed by atoms with Crippen molar-refractivity contribution in [3.63, 3.8) is 0 Å². The SMILES string of the molecule is CCN(Cc1ccco1)C(=O)C1(C)CCCC1N. The largest absolute Gasteiger partial charge is 0.467 e. The first-order valence-electron chi connectivity index (χ1n) is 6.65. The number of furan rings is 1. The summed E-state index contributed by atoms with van der Waals surface area (Å²) in [5.41, 5.74) is 5.71. The maximum atomic E-state index is 12.6. The molecule has 2 unspecified atom stereocenters. The zero-order chi connectivity index (χ0) is 13.2. The van der Waals surface area contributed by atoms with Crippen LogP contribution < -0.4 is 5.73 Å². The van der Waals surface area contributed by atoms with E-state index < -0.39 is 5.41 Å². The molecule has 0 saturated heterocycles. The molecule has 1 heterocycles. The van der Waals surface area contributed by atoms with E-state index in [4.69, 9.17) is 10.2 Å². The highest BCUT2D eigenvalue weighted by Crippen LogP contribution is 2.38. The molecule has 4 nitrogen and oxygen atoms in total. The van der Waals surface area contributed by atoms with Gasteiger partial charge in [0.2, 0.25) is 5.91 Å². The summed E-state index contributed by atoms with van der Waals surface area (Å²) in [7, 11) is 0. The van der Waals surface area contributed by atoms with E-state index in [2.05, 4.69) is 0 Å². The second-order valence-electron chi connectivity index (χ2n) is 5.31. The van der Waals surface area contributed by atoms with E-state index in [1.807, 2.05) is 30.9 Å². The number of nitrogens with zero attached hydrogens (tertiary/aromatic N) is 1. The average molecular weight is 250 g/mol. The Balaban J connectivity index is 2.10. The molecule has 1 amide bonds. The van der Waals surface area contributed by atoms with Gasteiger partial charge in [-0.25, -0.2) is 0 Å². The minimum Gasteiger partial charge on any atom is -0.467 e. The third kappa shape index (κ3) is 2.29. The molecule has 0 spiro atoms. The molecule has 100 valence electrons. The molecule has 1 aliphatic carbocycles. The zero-order valence-corrected chi connectivity index (χ0v) is 11.2. The molecule has 1 saturated carbocycles. The highest BCUT2D eigenvalue weighted by Gasteiger charge is 2.44. The molecule has 0 bridgehead atoms. The van der Waals surface area contributed by atoms with Crippen LogP contribution in [0.15, 0.2) is 22.8 Å². The monoisotopic (exact) mass is 250 g/mol. The Hall–Kier alpha value is -1.29. The van der Waals surface area contributed by atoms with Gasteiger partial charge in [-0.3, -0.25) is 4.79 Å². The summed E-state index contributed by atoms with van der Waals surface area (Å²) in [6.07, 6.45) is 4.51. The first kappa shape index (κ1) is 13.1. The van der Waals surface area contributed by atoms with E-state index in [1.54, 1.807) is 6.26 Å². The molecule has 18 heavy (non-hydrogen) atoms. The second kappa shape index (κ2) is 5.14. The first-order chi connectivity index (χ1) is 8.58. The average Bonchev–Trinajstić information content (AvgIpc) is 2.97. The Bertz CT molecular complexity index is 402. The van der Waals surface area contributed by atoms with Crippen molar-refractivity contribution in [3.8, 4) is 0 Å². The minimum absolute atomic E-state index is 0.0179. The Labute approximate surface area is 108 Å². The molecule has 2 N–H and O–H groups in total. The lowest BCUT2D eigenvalue weighted by Gasteiger charge is -2.33. The summed E-state index contributed by atoms with van der Waals surface area (Å²) in [5, 5.41) is 0. The summed E-state index contributed by atoms with van der Waals surface area (Å²) in [6.45, 7) is 5.20. The predicted octanol–water partition coefficient (Wildman–Crippen LogP) is 2.15. The van der Waals surface area contributed by atoms with Crippen molar-refractivity contribution < 1.29 is 9.21 Å². The number of nitrogens with two attached hydrogens (primary N) is 1. The molecular weight excluding hydrogens is 228 g/mol. The Kier molecular flexibility index (Phi) is 3.76. The topological polar surface area (TPSA) is 59.5 Å². The number of hydrogen-bond donors (Lipinski definition) is 1. The fraction of sp³-hybridized carbons (Fsp3) is 0.643. The van der Waals surface area contributed by atoms with Crippen LogP contribution in [0.1, 0.15) is 38.9 Å². The molecular formula is C14H22N2O2. The third-order valence-electron chi connectivity index (χ3n) is 4.11. The second-order valence-corrected chi connectivity index (χ2v) is 5.31. The van der Waals surface area contributed by atoms with E-state index in [0.29, 0.717) is 13.1 Å². The zero-order valence-electron chi connectivity index (χ0n) is 11.2. The van der Waals surface area contributed by atoms with Crippen LogP contribution in [-0.4, -0.2) is 23.4 Å². The van der Waals surface area contributed by atoms with E-state index in [9.17, 15) is 4.79 Å². The molecule has 2 rings (SSSR count). The quantitative estimate of drug-likeness (QED) is 0.890. The van der Waals surface area contributed by atoms with Crippen molar-refractivity contribution in [3.05, 3.63) is 24.2 Å². The molecule has 1 aromatic heterocycles. The normalized spacial score (nSPS) is 27.4. The number of carbonyl (C=O) groups excluding carboxylic acids is 1. The Morgan fingerprint density at radius 1 is 1.67 bits per heavy atom. The summed E-state index contributed by atoms with van der Waals surface area (Å²) >= 11 is 0. The third-order valence-corrected chi connectivity index (χ3v) is 4.11. The smallest absolute Gasteiger partial charge is 0.230 e. The van der Waals surface area contributed by atoms with Crippen molar-refractivity contribution in [1.29, 1.82) is 0 Å². The number of carbonyl (C=O) groups is 1. The Morgan fingerprint density at radius 2 is 2.44 bits per heavy atom. The summed E-state index contributed by atoms with van der Waals surface area (Å²) in [4.78, 5) is 14.5. The molecule has 0 radical (unpaired) electrons. The number of amides is 1. The van der Waals surface area contributed by atoms with Gasteiger partial charge in [0.25, 0.3) is 0 Å². The van der Waals surface area contributed by atoms with Crippen LogP contribution in [0.4, 0.5) is 0 Å². The van der Waals surface area contributed by atoms with Gasteiger partial charge in [-0.05, 0) is 38.8 Å². The lowest BCUT2D eigenvalue weighted by molar-refractivity contribution is -0.142. The first-order valence-corrected chi connectivity index (χ1v) is 6.65. The van der Waals surface area contributed by atoms with Crippen LogP contribution in [-0.2, 0) is 11.3 Å². The van der Waals surface area contributed by atoms with Gasteiger partial charge >= 0.3 is 0 Å². The summed E-state index contributed by atoms with van der Waals surface area (Å²) in [6, 6.07) is 3.72. The van der Waals surface area contributed by atoms with Gasteiger partial charge in [-0.2, -0.15) is 0 Å². The van der Waals surface area contributed by atoms with Gasteiger partial charge in [0.1, 0.15) is 5.76 Å². The fourth-order valence-electron chi connectivity index (χ4n) is 2.74. The van der Waals surface area contributed by atoms with Gasteiger partial charge in [-0.15, -0.1) is 0 Å².